The Labute approximate surface area is 129 Å². The predicted molar refractivity (Wildman–Crippen MR) is 85.8 cm³/mol. The van der Waals surface area contributed by atoms with E-state index in [1.807, 2.05) is 23.6 Å². The highest BCUT2D eigenvalue weighted by Crippen LogP contribution is 2.24. The number of nitrogens with zero attached hydrogens (tertiary/aromatic N) is 2. The van der Waals surface area contributed by atoms with Crippen LogP contribution in [0.25, 0.3) is 5.52 Å². The number of carbonyl (C=O) groups excluding carboxylic acids is 2. The summed E-state index contributed by atoms with van der Waals surface area (Å²) in [6.07, 6.45) is 3.14. The van der Waals surface area contributed by atoms with Crippen molar-refractivity contribution in [3.63, 3.8) is 0 Å². The van der Waals surface area contributed by atoms with Gasteiger partial charge in [-0.05, 0) is 37.0 Å². The maximum atomic E-state index is 11.3. The maximum Gasteiger partial charge on any atom is 0.226 e. The zero-order chi connectivity index (χ0) is 16.1. The number of anilines is 1. The molecule has 1 unspecified atom stereocenters. The fraction of sp³-hybridized carbons (Fsp3) is 0.438. The summed E-state index contributed by atoms with van der Waals surface area (Å²) in [5, 5.41) is 9.88. The van der Waals surface area contributed by atoms with Crippen LogP contribution in [0.15, 0.2) is 24.4 Å². The number of amides is 2. The average Bonchev–Trinajstić information content (AvgIpc) is 2.95. The number of pyridine rings is 1. The molecule has 1 atom stereocenters. The minimum atomic E-state index is -0.261. The first-order valence-electron chi connectivity index (χ1n) is 7.49. The van der Waals surface area contributed by atoms with E-state index in [4.69, 9.17) is 0 Å². The van der Waals surface area contributed by atoms with Gasteiger partial charge in [-0.3, -0.25) is 14.9 Å². The van der Waals surface area contributed by atoms with Gasteiger partial charge in [-0.1, -0.05) is 19.9 Å². The molecule has 6 heteroatoms. The van der Waals surface area contributed by atoms with E-state index in [9.17, 15) is 9.59 Å². The van der Waals surface area contributed by atoms with Crippen LogP contribution >= 0.6 is 0 Å². The van der Waals surface area contributed by atoms with Crippen molar-refractivity contribution in [2.45, 2.75) is 45.6 Å². The minimum absolute atomic E-state index is 0.0923. The van der Waals surface area contributed by atoms with Gasteiger partial charge in [-0.2, -0.15) is 5.10 Å². The highest BCUT2D eigenvalue weighted by Gasteiger charge is 2.12. The fourth-order valence-corrected chi connectivity index (χ4v) is 2.45. The lowest BCUT2D eigenvalue weighted by atomic mass is 10.0. The molecule has 0 saturated heterocycles. The van der Waals surface area contributed by atoms with Gasteiger partial charge in [0.25, 0.3) is 0 Å². The van der Waals surface area contributed by atoms with Crippen LogP contribution in [0.1, 0.15) is 45.1 Å². The second-order valence-electron chi connectivity index (χ2n) is 5.73. The van der Waals surface area contributed by atoms with Crippen molar-refractivity contribution in [1.29, 1.82) is 0 Å². The number of nitrogens with one attached hydrogen (secondary N) is 2. The van der Waals surface area contributed by atoms with E-state index < -0.39 is 0 Å². The van der Waals surface area contributed by atoms with Crippen LogP contribution in [0.2, 0.25) is 0 Å². The van der Waals surface area contributed by atoms with Gasteiger partial charge >= 0.3 is 0 Å². The highest BCUT2D eigenvalue weighted by molar-refractivity contribution is 5.85. The molecule has 0 aliphatic heterocycles. The number of carbonyl (C=O) groups is 2. The summed E-state index contributed by atoms with van der Waals surface area (Å²) in [4.78, 5) is 21.5. The molecule has 6 nitrogen and oxygen atoms in total. The molecular formula is C16H22N4O2. The van der Waals surface area contributed by atoms with Gasteiger partial charge < -0.3 is 5.32 Å². The van der Waals surface area contributed by atoms with Crippen LogP contribution in [0.4, 0.5) is 5.82 Å². The number of hydrogen-bond donors (Lipinski definition) is 2. The first kappa shape index (κ1) is 16.0. The van der Waals surface area contributed by atoms with Gasteiger partial charge in [0.2, 0.25) is 12.3 Å². The Hall–Kier alpha value is -2.37. The van der Waals surface area contributed by atoms with Gasteiger partial charge in [0.05, 0.1) is 11.7 Å². The van der Waals surface area contributed by atoms with Crippen molar-refractivity contribution in [2.24, 2.45) is 0 Å². The van der Waals surface area contributed by atoms with Crippen molar-refractivity contribution < 1.29 is 9.59 Å². The van der Waals surface area contributed by atoms with Crippen LogP contribution < -0.4 is 10.6 Å². The number of hydrogen-bond acceptors (Lipinski definition) is 4. The van der Waals surface area contributed by atoms with Crippen molar-refractivity contribution in [2.75, 3.05) is 5.32 Å². The molecule has 118 valence electrons. The lowest BCUT2D eigenvalue weighted by Crippen LogP contribution is -2.24. The summed E-state index contributed by atoms with van der Waals surface area (Å²) in [5.74, 6) is 1.06. The highest BCUT2D eigenvalue weighted by atomic mass is 16.2. The average molecular weight is 302 g/mol. The molecule has 0 spiro atoms. The van der Waals surface area contributed by atoms with Crippen LogP contribution in [-0.4, -0.2) is 28.0 Å². The molecule has 2 heterocycles. The first-order chi connectivity index (χ1) is 10.5. The van der Waals surface area contributed by atoms with Gasteiger partial charge in [-0.15, -0.1) is 0 Å². The third kappa shape index (κ3) is 3.63. The van der Waals surface area contributed by atoms with Crippen LogP contribution in [0.5, 0.6) is 0 Å². The first-order valence-corrected chi connectivity index (χ1v) is 7.49. The smallest absolute Gasteiger partial charge is 0.226 e. The zero-order valence-corrected chi connectivity index (χ0v) is 13.2. The third-order valence-electron chi connectivity index (χ3n) is 3.63. The van der Waals surface area contributed by atoms with Crippen LogP contribution in [0, 0.1) is 0 Å². The second-order valence-corrected chi connectivity index (χ2v) is 5.73. The SMILES string of the molecule is CC(CCC(=O)NC=O)Nc1ccc(C(C)C)c2ccnn12. The normalized spacial score (nSPS) is 12.4. The largest absolute Gasteiger partial charge is 0.368 e. The Bertz CT molecular complexity index is 663. The molecule has 0 aliphatic carbocycles. The molecule has 0 saturated carbocycles. The standard InChI is InChI=1S/C16H22N4O2/c1-11(2)13-5-6-15(20-14(13)8-9-18-20)19-12(3)4-7-16(22)17-10-21/h5-6,8-12,19H,4,7H2,1-3H3,(H,17,21,22). The summed E-state index contributed by atoms with van der Waals surface area (Å²) in [6.45, 7) is 6.31. The topological polar surface area (TPSA) is 75.5 Å². The van der Waals surface area contributed by atoms with Crippen LogP contribution in [0.3, 0.4) is 0 Å². The molecule has 0 bridgehead atoms. The van der Waals surface area contributed by atoms with E-state index in [1.165, 1.54) is 5.56 Å². The Morgan fingerprint density at radius 3 is 2.77 bits per heavy atom. The monoisotopic (exact) mass is 302 g/mol. The molecule has 0 aliphatic rings. The van der Waals surface area contributed by atoms with E-state index >= 15 is 0 Å². The molecule has 0 aromatic carbocycles. The van der Waals surface area contributed by atoms with Gasteiger partial charge in [-0.25, -0.2) is 4.52 Å². The fourth-order valence-electron chi connectivity index (χ4n) is 2.45. The number of aromatic nitrogens is 2. The second kappa shape index (κ2) is 7.06. The van der Waals surface area contributed by atoms with Crippen molar-refractivity contribution in [3.8, 4) is 0 Å². The number of rotatable bonds is 7. The summed E-state index contributed by atoms with van der Waals surface area (Å²) in [6, 6.07) is 6.21. The van der Waals surface area contributed by atoms with Crippen molar-refractivity contribution in [3.05, 3.63) is 30.0 Å². The molecule has 2 rings (SSSR count). The lowest BCUT2D eigenvalue weighted by molar-refractivity contribution is -0.125. The molecule has 0 fully saturated rings. The van der Waals surface area contributed by atoms with E-state index in [2.05, 4.69) is 35.6 Å². The minimum Gasteiger partial charge on any atom is -0.368 e. The summed E-state index contributed by atoms with van der Waals surface area (Å²) >= 11 is 0. The number of fused-ring (bicyclic) bond motifs is 1. The Balaban J connectivity index is 2.08. The maximum absolute atomic E-state index is 11.3. The Morgan fingerprint density at radius 1 is 1.32 bits per heavy atom. The molecular weight excluding hydrogens is 280 g/mol. The Morgan fingerprint density at radius 2 is 2.09 bits per heavy atom. The molecule has 2 amide bonds. The molecule has 2 N–H and O–H groups in total. The van der Waals surface area contributed by atoms with Gasteiger partial charge in [0.1, 0.15) is 5.82 Å². The Kier molecular flexibility index (Phi) is 5.14. The van der Waals surface area contributed by atoms with Gasteiger partial charge in [0.15, 0.2) is 0 Å². The lowest BCUT2D eigenvalue weighted by Gasteiger charge is -2.17. The molecule has 0 radical (unpaired) electrons. The van der Waals surface area contributed by atoms with Gasteiger partial charge in [0, 0.05) is 12.5 Å². The van der Waals surface area contributed by atoms with Crippen molar-refractivity contribution >= 4 is 23.7 Å². The summed E-state index contributed by atoms with van der Waals surface area (Å²) < 4.78 is 1.89. The summed E-state index contributed by atoms with van der Waals surface area (Å²) in [5.41, 5.74) is 2.34. The van der Waals surface area contributed by atoms with E-state index in [-0.39, 0.29) is 11.9 Å². The van der Waals surface area contributed by atoms with E-state index in [0.29, 0.717) is 25.2 Å². The van der Waals surface area contributed by atoms with E-state index in [0.717, 1.165) is 11.3 Å². The van der Waals surface area contributed by atoms with E-state index in [1.54, 1.807) is 6.20 Å². The van der Waals surface area contributed by atoms with Crippen molar-refractivity contribution in [1.82, 2.24) is 14.9 Å². The summed E-state index contributed by atoms with van der Waals surface area (Å²) in [7, 11) is 0. The zero-order valence-electron chi connectivity index (χ0n) is 13.2. The number of imide groups is 1. The third-order valence-corrected chi connectivity index (χ3v) is 3.63. The molecule has 22 heavy (non-hydrogen) atoms. The quantitative estimate of drug-likeness (QED) is 0.770. The molecule has 2 aromatic rings. The van der Waals surface area contributed by atoms with Crippen LogP contribution in [-0.2, 0) is 9.59 Å². The molecule has 2 aromatic heterocycles. The predicted octanol–water partition coefficient (Wildman–Crippen LogP) is 2.31.